The summed E-state index contributed by atoms with van der Waals surface area (Å²) < 4.78 is 32.1. The van der Waals surface area contributed by atoms with Crippen LogP contribution in [0.25, 0.3) is 0 Å². The van der Waals surface area contributed by atoms with E-state index in [1.165, 1.54) is 11.9 Å². The first-order valence-electron chi connectivity index (χ1n) is 11.4. The number of carbonyl (C=O) groups excluding carboxylic acids is 2. The van der Waals surface area contributed by atoms with Gasteiger partial charge in [0.2, 0.25) is 5.91 Å². The Morgan fingerprint density at radius 1 is 1.22 bits per heavy atom. The largest absolute Gasteiger partial charge is 0.326 e. The molecule has 1 aromatic heterocycles. The summed E-state index contributed by atoms with van der Waals surface area (Å²) in [6.07, 6.45) is 2.32. The van der Waals surface area contributed by atoms with Gasteiger partial charge in [-0.25, -0.2) is 18.6 Å². The lowest BCUT2D eigenvalue weighted by Gasteiger charge is -2.26. The minimum absolute atomic E-state index is 0.140. The molecule has 2 heterocycles. The van der Waals surface area contributed by atoms with E-state index in [2.05, 4.69) is 21.1 Å². The predicted octanol–water partition coefficient (Wildman–Crippen LogP) is 4.04. The highest BCUT2D eigenvalue weighted by Gasteiger charge is 2.27. The standard InChI is InChI=1S/C26H24F2N6O2S/c1-16-10-22(6-5-19(16)15-29)33(2)25(35)23(13-17-11-20(27)14-21(28)12-17)31-26(36)32-37-34-9-7-18-4-3-8-30-24(18)34/h3-6,8,10-12,14,23H,7,9,13H2,1-2H3,(H2,31,32,36). The fraction of sp³-hybridized carbons (Fsp3) is 0.231. The number of aryl methyl sites for hydroxylation is 1. The van der Waals surface area contributed by atoms with Crippen molar-refractivity contribution >= 4 is 35.6 Å². The van der Waals surface area contributed by atoms with Crippen LogP contribution in [0.4, 0.5) is 25.1 Å². The molecule has 1 atom stereocenters. The van der Waals surface area contributed by atoms with E-state index in [0.29, 0.717) is 23.4 Å². The number of halogens is 2. The van der Waals surface area contributed by atoms with Crippen molar-refractivity contribution in [2.75, 3.05) is 22.8 Å². The Labute approximate surface area is 217 Å². The van der Waals surface area contributed by atoms with Gasteiger partial charge in [-0.3, -0.25) is 13.8 Å². The summed E-state index contributed by atoms with van der Waals surface area (Å²) in [4.78, 5) is 31.9. The monoisotopic (exact) mass is 522 g/mol. The molecule has 190 valence electrons. The normalized spacial score (nSPS) is 12.9. The molecule has 0 spiro atoms. The number of anilines is 2. The summed E-state index contributed by atoms with van der Waals surface area (Å²) in [5.41, 5.74) is 2.95. The van der Waals surface area contributed by atoms with Crippen LogP contribution in [0, 0.1) is 29.9 Å². The fourth-order valence-corrected chi connectivity index (χ4v) is 4.74. The molecule has 0 fully saturated rings. The van der Waals surface area contributed by atoms with Crippen molar-refractivity contribution in [2.24, 2.45) is 0 Å². The SMILES string of the molecule is Cc1cc(N(C)C(=O)C(Cc2cc(F)cc(F)c2)NC(=O)NSN2CCc3cccnc32)ccc1C#N. The zero-order valence-corrected chi connectivity index (χ0v) is 21.0. The number of aromatic nitrogens is 1. The lowest BCUT2D eigenvalue weighted by Crippen LogP contribution is -2.51. The first kappa shape index (κ1) is 25.9. The summed E-state index contributed by atoms with van der Waals surface area (Å²) in [7, 11) is 1.53. The molecular formula is C26H24F2N6O2S. The molecule has 1 unspecified atom stereocenters. The molecule has 4 rings (SSSR count). The van der Waals surface area contributed by atoms with Crippen LogP contribution >= 0.6 is 12.1 Å². The molecule has 0 saturated heterocycles. The van der Waals surface area contributed by atoms with E-state index in [1.54, 1.807) is 31.3 Å². The Morgan fingerprint density at radius 3 is 2.68 bits per heavy atom. The average molecular weight is 523 g/mol. The first-order valence-corrected chi connectivity index (χ1v) is 12.2. The molecule has 0 saturated carbocycles. The van der Waals surface area contributed by atoms with E-state index in [-0.39, 0.29) is 12.0 Å². The molecule has 11 heteroatoms. The molecule has 2 N–H and O–H groups in total. The number of nitriles is 1. The minimum Gasteiger partial charge on any atom is -0.325 e. The molecule has 1 aliphatic rings. The van der Waals surface area contributed by atoms with Crippen LogP contribution in [0.1, 0.15) is 22.3 Å². The quantitative estimate of drug-likeness (QED) is 0.455. The van der Waals surface area contributed by atoms with Crippen LogP contribution in [0.5, 0.6) is 0 Å². The summed E-state index contributed by atoms with van der Waals surface area (Å²) in [5, 5.41) is 11.8. The molecule has 3 aromatic rings. The average Bonchev–Trinajstić information content (AvgIpc) is 3.28. The van der Waals surface area contributed by atoms with E-state index < -0.39 is 29.6 Å². The minimum atomic E-state index is -1.13. The molecule has 0 aliphatic carbocycles. The van der Waals surface area contributed by atoms with Crippen LogP contribution < -0.4 is 19.2 Å². The predicted molar refractivity (Wildman–Crippen MR) is 138 cm³/mol. The second-order valence-electron chi connectivity index (χ2n) is 8.55. The number of nitrogens with one attached hydrogen (secondary N) is 2. The Morgan fingerprint density at radius 2 is 1.97 bits per heavy atom. The van der Waals surface area contributed by atoms with Gasteiger partial charge in [-0.1, -0.05) is 6.07 Å². The van der Waals surface area contributed by atoms with E-state index in [0.717, 1.165) is 48.1 Å². The number of rotatable bonds is 7. The van der Waals surface area contributed by atoms with Gasteiger partial charge < -0.3 is 10.2 Å². The van der Waals surface area contributed by atoms with Gasteiger partial charge in [-0.05, 0) is 66.4 Å². The van der Waals surface area contributed by atoms with E-state index >= 15 is 0 Å². The van der Waals surface area contributed by atoms with Crippen LogP contribution in [0.15, 0.2) is 54.7 Å². The van der Waals surface area contributed by atoms with Crippen LogP contribution in [0.2, 0.25) is 0 Å². The highest BCUT2D eigenvalue weighted by atomic mass is 32.2. The van der Waals surface area contributed by atoms with Crippen molar-refractivity contribution in [1.29, 1.82) is 5.26 Å². The third kappa shape index (κ3) is 6.16. The number of nitrogens with zero attached hydrogens (tertiary/aromatic N) is 4. The van der Waals surface area contributed by atoms with Crippen molar-refractivity contribution in [3.8, 4) is 6.07 Å². The number of likely N-dealkylation sites (N-methyl/N-ethyl adjacent to an activating group) is 1. The van der Waals surface area contributed by atoms with Gasteiger partial charge in [-0.15, -0.1) is 0 Å². The number of fused-ring (bicyclic) bond motifs is 1. The van der Waals surface area contributed by atoms with Crippen molar-refractivity contribution < 1.29 is 18.4 Å². The number of benzene rings is 2. The topological polar surface area (TPSA) is 101 Å². The van der Waals surface area contributed by atoms with Gasteiger partial charge in [0.05, 0.1) is 23.8 Å². The number of carbonyl (C=O) groups is 2. The third-order valence-electron chi connectivity index (χ3n) is 5.95. The summed E-state index contributed by atoms with van der Waals surface area (Å²) in [5.74, 6) is -1.30. The van der Waals surface area contributed by atoms with Crippen LogP contribution in [-0.4, -0.2) is 36.6 Å². The van der Waals surface area contributed by atoms with Gasteiger partial charge >= 0.3 is 6.03 Å². The zero-order chi connectivity index (χ0) is 26.5. The number of hydrogen-bond donors (Lipinski definition) is 2. The molecule has 8 nitrogen and oxygen atoms in total. The maximum atomic E-state index is 13.8. The Hall–Kier alpha value is -4.17. The van der Waals surface area contributed by atoms with Crippen molar-refractivity contribution in [3.63, 3.8) is 0 Å². The molecular weight excluding hydrogens is 498 g/mol. The number of pyridine rings is 1. The van der Waals surface area contributed by atoms with Gasteiger partial charge in [-0.2, -0.15) is 5.26 Å². The fourth-order valence-electron chi connectivity index (χ4n) is 4.06. The lowest BCUT2D eigenvalue weighted by atomic mass is 10.0. The Balaban J connectivity index is 1.50. The first-order chi connectivity index (χ1) is 17.7. The van der Waals surface area contributed by atoms with Gasteiger partial charge in [0, 0.05) is 38.0 Å². The molecule has 1 aliphatic heterocycles. The summed E-state index contributed by atoms with van der Waals surface area (Å²) in [6, 6.07) is 12.0. The summed E-state index contributed by atoms with van der Waals surface area (Å²) in [6.45, 7) is 2.41. The van der Waals surface area contributed by atoms with Gasteiger partial charge in [0.25, 0.3) is 0 Å². The van der Waals surface area contributed by atoms with Gasteiger partial charge in [0.15, 0.2) is 0 Å². The maximum Gasteiger partial charge on any atom is 0.326 e. The zero-order valence-electron chi connectivity index (χ0n) is 20.2. The highest BCUT2D eigenvalue weighted by Crippen LogP contribution is 2.29. The Kier molecular flexibility index (Phi) is 7.89. The van der Waals surface area contributed by atoms with Gasteiger partial charge in [0.1, 0.15) is 23.5 Å². The van der Waals surface area contributed by atoms with Crippen molar-refractivity contribution in [3.05, 3.63) is 88.6 Å². The van der Waals surface area contributed by atoms with E-state index in [9.17, 15) is 23.6 Å². The van der Waals surface area contributed by atoms with E-state index in [1.807, 2.05) is 16.4 Å². The Bertz CT molecular complexity index is 1360. The molecule has 3 amide bonds. The lowest BCUT2D eigenvalue weighted by molar-refractivity contribution is -0.120. The number of hydrogen-bond acceptors (Lipinski definition) is 6. The van der Waals surface area contributed by atoms with Crippen LogP contribution in [-0.2, 0) is 17.6 Å². The number of amides is 3. The van der Waals surface area contributed by atoms with Crippen LogP contribution in [0.3, 0.4) is 0 Å². The number of urea groups is 1. The van der Waals surface area contributed by atoms with E-state index in [4.69, 9.17) is 0 Å². The molecule has 2 aromatic carbocycles. The molecule has 0 bridgehead atoms. The maximum absolute atomic E-state index is 13.8. The summed E-state index contributed by atoms with van der Waals surface area (Å²) >= 11 is 1.04. The van der Waals surface area contributed by atoms with Crippen molar-refractivity contribution in [2.45, 2.75) is 25.8 Å². The second-order valence-corrected chi connectivity index (χ2v) is 9.38. The smallest absolute Gasteiger partial charge is 0.325 e. The molecule has 0 radical (unpaired) electrons. The highest BCUT2D eigenvalue weighted by molar-refractivity contribution is 7.99. The van der Waals surface area contributed by atoms with Crippen molar-refractivity contribution in [1.82, 2.24) is 15.0 Å². The molecule has 37 heavy (non-hydrogen) atoms. The second kappa shape index (κ2) is 11.3. The third-order valence-corrected chi connectivity index (χ3v) is 6.80.